The number of rotatable bonds is 10. The highest BCUT2D eigenvalue weighted by Gasteiger charge is 2.24. The maximum atomic E-state index is 13.1. The van der Waals surface area contributed by atoms with Gasteiger partial charge in [0.2, 0.25) is 5.91 Å². The number of hydrogen-bond donors (Lipinski definition) is 2. The van der Waals surface area contributed by atoms with Crippen molar-refractivity contribution in [3.8, 4) is 5.75 Å². The summed E-state index contributed by atoms with van der Waals surface area (Å²) < 4.78 is 7.11. The number of unbranched alkanes of at least 4 members (excludes halogenated alkanes) is 1. The summed E-state index contributed by atoms with van der Waals surface area (Å²) in [6, 6.07) is 5.85. The molecule has 1 heterocycles. The lowest BCUT2D eigenvalue weighted by Gasteiger charge is -2.25. The van der Waals surface area contributed by atoms with Crippen LogP contribution >= 0.6 is 0 Å². The van der Waals surface area contributed by atoms with Gasteiger partial charge >= 0.3 is 5.69 Å². The molecule has 8 nitrogen and oxygen atoms in total. The molecule has 0 aliphatic carbocycles. The van der Waals surface area contributed by atoms with Crippen LogP contribution in [0.15, 0.2) is 27.8 Å². The van der Waals surface area contributed by atoms with Crippen LogP contribution in [0.2, 0.25) is 0 Å². The molecule has 8 heteroatoms. The Kier molecular flexibility index (Phi) is 8.47. The Morgan fingerprint density at radius 2 is 1.97 bits per heavy atom. The number of nitrogens with two attached hydrogens (primary N) is 1. The molecule has 0 spiro atoms. The minimum Gasteiger partial charge on any atom is -0.493 e. The molecular formula is C23H34N4O4. The SMILES string of the molecule is CCCCN(C(=O)CCOc1ccc(C)cc1C)c1c(N)n(CC(C)C)c(=O)[nH]c1=O. The van der Waals surface area contributed by atoms with Crippen LogP contribution < -0.4 is 26.6 Å². The van der Waals surface area contributed by atoms with Gasteiger partial charge in [-0.15, -0.1) is 0 Å². The Hall–Kier alpha value is -3.03. The van der Waals surface area contributed by atoms with Gasteiger partial charge in [-0.2, -0.15) is 0 Å². The van der Waals surface area contributed by atoms with Gasteiger partial charge in [0.05, 0.1) is 13.0 Å². The van der Waals surface area contributed by atoms with E-state index in [-0.39, 0.29) is 36.4 Å². The van der Waals surface area contributed by atoms with Crippen LogP contribution in [-0.2, 0) is 11.3 Å². The summed E-state index contributed by atoms with van der Waals surface area (Å²) in [4.78, 5) is 41.6. The van der Waals surface area contributed by atoms with Crippen LogP contribution in [0.1, 0.15) is 51.2 Å². The van der Waals surface area contributed by atoms with Gasteiger partial charge in [-0.3, -0.25) is 19.1 Å². The van der Waals surface area contributed by atoms with E-state index in [9.17, 15) is 14.4 Å². The number of carbonyl (C=O) groups is 1. The van der Waals surface area contributed by atoms with Gasteiger partial charge in [0, 0.05) is 13.1 Å². The number of aromatic nitrogens is 2. The first-order valence-electron chi connectivity index (χ1n) is 10.8. The molecule has 0 unspecified atom stereocenters. The molecule has 2 aromatic rings. The largest absolute Gasteiger partial charge is 0.493 e. The van der Waals surface area contributed by atoms with Gasteiger partial charge in [-0.25, -0.2) is 4.79 Å². The second-order valence-corrected chi connectivity index (χ2v) is 8.26. The van der Waals surface area contributed by atoms with E-state index < -0.39 is 11.2 Å². The fraction of sp³-hybridized carbons (Fsp3) is 0.522. The standard InChI is InChI=1S/C23H34N4O4/c1-6-7-11-26(19(28)10-12-31-18-9-8-16(4)13-17(18)5)20-21(24)27(14-15(2)3)23(30)25-22(20)29/h8-9,13,15H,6-7,10-12,14,24H2,1-5H3,(H,25,29,30). The highest BCUT2D eigenvalue weighted by atomic mass is 16.5. The van der Waals surface area contributed by atoms with Crippen molar-refractivity contribution in [2.75, 3.05) is 23.8 Å². The van der Waals surface area contributed by atoms with E-state index in [0.717, 1.165) is 23.3 Å². The molecule has 1 aromatic heterocycles. The fourth-order valence-electron chi connectivity index (χ4n) is 3.41. The van der Waals surface area contributed by atoms with Crippen molar-refractivity contribution in [3.05, 3.63) is 50.2 Å². The van der Waals surface area contributed by atoms with Crippen LogP contribution in [0.4, 0.5) is 11.5 Å². The zero-order valence-electron chi connectivity index (χ0n) is 19.2. The van der Waals surface area contributed by atoms with Crippen LogP contribution in [0.25, 0.3) is 0 Å². The Labute approximate surface area is 183 Å². The fourth-order valence-corrected chi connectivity index (χ4v) is 3.41. The summed E-state index contributed by atoms with van der Waals surface area (Å²) in [7, 11) is 0. The summed E-state index contributed by atoms with van der Waals surface area (Å²) >= 11 is 0. The molecular weight excluding hydrogens is 396 g/mol. The van der Waals surface area contributed by atoms with E-state index in [1.807, 2.05) is 52.8 Å². The van der Waals surface area contributed by atoms with Crippen LogP contribution in [0, 0.1) is 19.8 Å². The van der Waals surface area contributed by atoms with Crippen LogP contribution in [-0.4, -0.2) is 28.6 Å². The van der Waals surface area contributed by atoms with E-state index in [1.54, 1.807) is 0 Å². The average Bonchev–Trinajstić information content (AvgIpc) is 2.69. The molecule has 170 valence electrons. The molecule has 0 fully saturated rings. The van der Waals surface area contributed by atoms with Crippen molar-refractivity contribution in [1.29, 1.82) is 0 Å². The van der Waals surface area contributed by atoms with Crippen LogP contribution in [0.3, 0.4) is 0 Å². The molecule has 0 aliphatic heterocycles. The van der Waals surface area contributed by atoms with Gasteiger partial charge in [0.15, 0.2) is 5.69 Å². The van der Waals surface area contributed by atoms with Crippen LogP contribution in [0.5, 0.6) is 5.75 Å². The van der Waals surface area contributed by atoms with Crippen molar-refractivity contribution < 1.29 is 9.53 Å². The number of amides is 1. The Morgan fingerprint density at radius 1 is 1.26 bits per heavy atom. The summed E-state index contributed by atoms with van der Waals surface area (Å²) in [6.07, 6.45) is 1.62. The number of carbonyl (C=O) groups excluding carboxylic acids is 1. The molecule has 0 saturated heterocycles. The third-order valence-electron chi connectivity index (χ3n) is 4.97. The molecule has 0 aliphatic rings. The normalized spacial score (nSPS) is 11.0. The van der Waals surface area contributed by atoms with E-state index >= 15 is 0 Å². The topological polar surface area (TPSA) is 110 Å². The summed E-state index contributed by atoms with van der Waals surface area (Å²) in [6.45, 7) is 10.7. The van der Waals surface area contributed by atoms with Gasteiger partial charge < -0.3 is 15.4 Å². The molecule has 3 N–H and O–H groups in total. The number of H-pyrrole nitrogens is 1. The summed E-state index contributed by atoms with van der Waals surface area (Å²) in [5.41, 5.74) is 7.16. The van der Waals surface area contributed by atoms with E-state index in [2.05, 4.69) is 4.98 Å². The minimum atomic E-state index is -0.651. The second kappa shape index (κ2) is 10.8. The quantitative estimate of drug-likeness (QED) is 0.602. The van der Waals surface area contributed by atoms with Gasteiger partial charge in [0.25, 0.3) is 5.56 Å². The molecule has 1 amide bonds. The van der Waals surface area contributed by atoms with Gasteiger partial charge in [0.1, 0.15) is 11.6 Å². The summed E-state index contributed by atoms with van der Waals surface area (Å²) in [5, 5.41) is 0. The molecule has 31 heavy (non-hydrogen) atoms. The van der Waals surface area contributed by atoms with Gasteiger partial charge in [-0.05, 0) is 37.8 Å². The number of hydrogen-bond acceptors (Lipinski definition) is 5. The number of aryl methyl sites for hydroxylation is 2. The van der Waals surface area contributed by atoms with E-state index in [0.29, 0.717) is 19.5 Å². The van der Waals surface area contributed by atoms with Crippen molar-refractivity contribution in [1.82, 2.24) is 9.55 Å². The molecule has 0 bridgehead atoms. The van der Waals surface area contributed by atoms with Crippen molar-refractivity contribution in [2.45, 2.75) is 60.4 Å². The van der Waals surface area contributed by atoms with Gasteiger partial charge in [-0.1, -0.05) is 44.9 Å². The van der Waals surface area contributed by atoms with E-state index in [4.69, 9.17) is 10.5 Å². The zero-order valence-corrected chi connectivity index (χ0v) is 19.2. The number of anilines is 2. The predicted octanol–water partition coefficient (Wildman–Crippen LogP) is 2.99. The molecule has 0 radical (unpaired) electrons. The second-order valence-electron chi connectivity index (χ2n) is 8.26. The first-order chi connectivity index (χ1) is 14.6. The lowest BCUT2D eigenvalue weighted by Crippen LogP contribution is -2.42. The zero-order chi connectivity index (χ0) is 23.1. The van der Waals surface area contributed by atoms with Crippen molar-refractivity contribution in [2.24, 2.45) is 5.92 Å². The lowest BCUT2D eigenvalue weighted by molar-refractivity contribution is -0.119. The molecule has 1 aromatic carbocycles. The third-order valence-corrected chi connectivity index (χ3v) is 4.97. The monoisotopic (exact) mass is 430 g/mol. The first-order valence-corrected chi connectivity index (χ1v) is 10.8. The minimum absolute atomic E-state index is 0.0159. The summed E-state index contributed by atoms with van der Waals surface area (Å²) in [5.74, 6) is 0.610. The molecule has 0 atom stereocenters. The number of benzene rings is 1. The maximum absolute atomic E-state index is 13.1. The number of nitrogens with zero attached hydrogens (tertiary/aromatic N) is 2. The first kappa shape index (κ1) is 24.2. The lowest BCUT2D eigenvalue weighted by atomic mass is 10.1. The van der Waals surface area contributed by atoms with E-state index in [1.165, 1.54) is 9.47 Å². The smallest absolute Gasteiger partial charge is 0.330 e. The highest BCUT2D eigenvalue weighted by Crippen LogP contribution is 2.21. The number of ether oxygens (including phenoxy) is 1. The Morgan fingerprint density at radius 3 is 2.58 bits per heavy atom. The molecule has 2 rings (SSSR count). The maximum Gasteiger partial charge on any atom is 0.330 e. The Balaban J connectivity index is 2.27. The third kappa shape index (κ3) is 6.23. The number of nitrogen functional groups attached to an aromatic ring is 1. The number of aromatic amines is 1. The van der Waals surface area contributed by atoms with Crippen molar-refractivity contribution >= 4 is 17.4 Å². The highest BCUT2D eigenvalue weighted by molar-refractivity contribution is 5.95. The number of nitrogens with one attached hydrogen (secondary N) is 1. The van der Waals surface area contributed by atoms with Crippen molar-refractivity contribution in [3.63, 3.8) is 0 Å². The Bertz CT molecular complexity index is 1020. The average molecular weight is 431 g/mol. The molecule has 0 saturated carbocycles. The predicted molar refractivity (Wildman–Crippen MR) is 124 cm³/mol.